The molecule has 5 heteroatoms. The lowest BCUT2D eigenvalue weighted by atomic mass is 9.81. The summed E-state index contributed by atoms with van der Waals surface area (Å²) in [6, 6.07) is 25.0. The van der Waals surface area contributed by atoms with Crippen LogP contribution in [0, 0.1) is 6.92 Å². The van der Waals surface area contributed by atoms with Gasteiger partial charge < -0.3 is 5.11 Å². The lowest BCUT2D eigenvalue weighted by molar-refractivity contribution is -0.683. The topological polar surface area (TPSA) is 41.4 Å². The fourth-order valence-corrected chi connectivity index (χ4v) is 4.15. The van der Waals surface area contributed by atoms with Gasteiger partial charge in [-0.1, -0.05) is 66.2 Å². The van der Waals surface area contributed by atoms with Crippen LogP contribution in [0.3, 0.4) is 0 Å². The lowest BCUT2D eigenvalue weighted by Gasteiger charge is -2.29. The van der Waals surface area contributed by atoms with Crippen LogP contribution in [0.1, 0.15) is 22.5 Å². The zero-order valence-electron chi connectivity index (χ0n) is 17.8. The second-order valence-electron chi connectivity index (χ2n) is 7.67. The Morgan fingerprint density at radius 3 is 2.23 bits per heavy atom. The number of aromatic nitrogens is 2. The van der Waals surface area contributed by atoms with E-state index >= 15 is 0 Å². The van der Waals surface area contributed by atoms with Gasteiger partial charge in [-0.2, -0.15) is 0 Å². The molecule has 0 aliphatic carbocycles. The van der Waals surface area contributed by atoms with Crippen LogP contribution >= 0.6 is 11.6 Å². The SMILES string of the molecule is Cc1ccccc1C(O)(C(=Nc1ccccc1)c1ccc(Cl)cc1)c1n(C)cc[n+]1C. The van der Waals surface area contributed by atoms with Gasteiger partial charge in [0.05, 0.1) is 25.5 Å². The van der Waals surface area contributed by atoms with E-state index in [1.807, 2.05) is 121 Å². The number of para-hydroxylation sites is 1. The number of hydrogen-bond acceptors (Lipinski definition) is 2. The highest BCUT2D eigenvalue weighted by molar-refractivity contribution is 6.30. The summed E-state index contributed by atoms with van der Waals surface area (Å²) in [5, 5.41) is 13.3. The van der Waals surface area contributed by atoms with Crippen molar-refractivity contribution in [3.63, 3.8) is 0 Å². The molecule has 4 nitrogen and oxygen atoms in total. The maximum absolute atomic E-state index is 12.6. The van der Waals surface area contributed by atoms with Crippen molar-refractivity contribution in [1.29, 1.82) is 0 Å². The first-order valence-corrected chi connectivity index (χ1v) is 10.5. The molecular weight excluding hydrogens is 406 g/mol. The first-order valence-electron chi connectivity index (χ1n) is 10.1. The van der Waals surface area contributed by atoms with E-state index in [1.54, 1.807) is 0 Å². The average molecular weight is 431 g/mol. The maximum Gasteiger partial charge on any atom is 0.299 e. The Hall–Kier alpha value is -3.21. The number of rotatable bonds is 5. The number of aliphatic hydroxyl groups is 1. The molecule has 1 N–H and O–H groups in total. The highest BCUT2D eigenvalue weighted by atomic mass is 35.5. The van der Waals surface area contributed by atoms with Gasteiger partial charge in [-0.3, -0.25) is 0 Å². The van der Waals surface area contributed by atoms with Crippen LogP contribution in [0.25, 0.3) is 0 Å². The highest BCUT2D eigenvalue weighted by Gasteiger charge is 2.48. The van der Waals surface area contributed by atoms with Gasteiger partial charge in [-0.25, -0.2) is 14.1 Å². The van der Waals surface area contributed by atoms with E-state index in [4.69, 9.17) is 16.6 Å². The zero-order valence-corrected chi connectivity index (χ0v) is 18.6. The Balaban J connectivity index is 2.09. The summed E-state index contributed by atoms with van der Waals surface area (Å²) in [5.74, 6) is 0.700. The molecule has 1 atom stereocenters. The summed E-state index contributed by atoms with van der Waals surface area (Å²) in [4.78, 5) is 4.98. The molecule has 0 fully saturated rings. The average Bonchev–Trinajstić information content (AvgIpc) is 3.12. The molecule has 0 radical (unpaired) electrons. The van der Waals surface area contributed by atoms with Crippen LogP contribution in [0.5, 0.6) is 0 Å². The predicted molar refractivity (Wildman–Crippen MR) is 125 cm³/mol. The molecule has 31 heavy (non-hydrogen) atoms. The third-order valence-electron chi connectivity index (χ3n) is 5.50. The van der Waals surface area contributed by atoms with Gasteiger partial charge in [-0.05, 0) is 36.8 Å². The van der Waals surface area contributed by atoms with Crippen LogP contribution in [-0.4, -0.2) is 15.4 Å². The molecule has 0 saturated heterocycles. The van der Waals surface area contributed by atoms with Crippen molar-refractivity contribution in [3.8, 4) is 0 Å². The van der Waals surface area contributed by atoms with Crippen LogP contribution in [0.4, 0.5) is 5.69 Å². The Bertz CT molecular complexity index is 1210. The Morgan fingerprint density at radius 1 is 0.968 bits per heavy atom. The summed E-state index contributed by atoms with van der Waals surface area (Å²) >= 11 is 6.17. The van der Waals surface area contributed by atoms with Crippen molar-refractivity contribution < 1.29 is 9.67 Å². The quantitative estimate of drug-likeness (QED) is 0.356. The van der Waals surface area contributed by atoms with Crippen LogP contribution in [-0.2, 0) is 19.7 Å². The standard InChI is InChI=1S/C26H25ClN3O/c1-19-9-7-8-12-23(19)26(31,25-29(2)17-18-30(25)3)24(20-13-15-21(27)16-14-20)28-22-10-5-4-6-11-22/h4-18,31H,1-3H3/q+1. The second kappa shape index (κ2) is 8.50. The monoisotopic (exact) mass is 430 g/mol. The molecule has 0 amide bonds. The van der Waals surface area contributed by atoms with Gasteiger partial charge in [-0.15, -0.1) is 0 Å². The third-order valence-corrected chi connectivity index (χ3v) is 5.75. The number of aryl methyl sites for hydroxylation is 3. The molecule has 4 aromatic rings. The van der Waals surface area contributed by atoms with Crippen LogP contribution in [0.15, 0.2) is 96.2 Å². The number of aliphatic imine (C=N–C) groups is 1. The van der Waals surface area contributed by atoms with Gasteiger partial charge in [0.15, 0.2) is 0 Å². The fraction of sp³-hybridized carbons (Fsp3) is 0.154. The van der Waals surface area contributed by atoms with Crippen molar-refractivity contribution in [3.05, 3.63) is 119 Å². The molecule has 0 bridgehead atoms. The van der Waals surface area contributed by atoms with Crippen molar-refractivity contribution in [1.82, 2.24) is 4.57 Å². The summed E-state index contributed by atoms with van der Waals surface area (Å²) in [5.41, 5.74) is 2.32. The summed E-state index contributed by atoms with van der Waals surface area (Å²) < 4.78 is 3.87. The molecule has 0 spiro atoms. The van der Waals surface area contributed by atoms with E-state index in [0.717, 1.165) is 22.4 Å². The molecule has 3 aromatic carbocycles. The molecule has 1 aromatic heterocycles. The van der Waals surface area contributed by atoms with Crippen molar-refractivity contribution in [2.45, 2.75) is 12.5 Å². The molecule has 156 valence electrons. The van der Waals surface area contributed by atoms with E-state index < -0.39 is 5.60 Å². The second-order valence-corrected chi connectivity index (χ2v) is 8.11. The van der Waals surface area contributed by atoms with E-state index in [9.17, 15) is 5.11 Å². The predicted octanol–water partition coefficient (Wildman–Crippen LogP) is 4.87. The number of hydrogen-bond donors (Lipinski definition) is 1. The minimum absolute atomic E-state index is 0.530. The fourth-order valence-electron chi connectivity index (χ4n) is 4.03. The normalized spacial score (nSPS) is 13.8. The molecule has 0 aliphatic heterocycles. The lowest BCUT2D eigenvalue weighted by Crippen LogP contribution is -2.49. The Morgan fingerprint density at radius 2 is 1.61 bits per heavy atom. The molecule has 0 saturated carbocycles. The maximum atomic E-state index is 12.6. The molecule has 0 aliphatic rings. The van der Waals surface area contributed by atoms with Gasteiger partial charge in [0.25, 0.3) is 5.82 Å². The van der Waals surface area contributed by atoms with Crippen molar-refractivity contribution >= 4 is 23.0 Å². The van der Waals surface area contributed by atoms with E-state index in [0.29, 0.717) is 16.6 Å². The first-order chi connectivity index (χ1) is 14.9. The Kier molecular flexibility index (Phi) is 5.77. The molecular formula is C26H25ClN3O+. The first kappa shape index (κ1) is 21.0. The van der Waals surface area contributed by atoms with Crippen molar-refractivity contribution in [2.24, 2.45) is 19.1 Å². The van der Waals surface area contributed by atoms with Gasteiger partial charge in [0.1, 0.15) is 12.4 Å². The molecule has 4 rings (SSSR count). The highest BCUT2D eigenvalue weighted by Crippen LogP contribution is 2.36. The number of halogens is 1. The summed E-state index contributed by atoms with van der Waals surface area (Å²) in [6.45, 7) is 2.01. The Labute approximate surface area is 187 Å². The smallest absolute Gasteiger partial charge is 0.299 e. The number of imidazole rings is 1. The van der Waals surface area contributed by atoms with Crippen molar-refractivity contribution in [2.75, 3.05) is 0 Å². The molecule has 1 unspecified atom stereocenters. The van der Waals surface area contributed by atoms with E-state index in [-0.39, 0.29) is 0 Å². The van der Waals surface area contributed by atoms with E-state index in [1.165, 1.54) is 0 Å². The van der Waals surface area contributed by atoms with Gasteiger partial charge in [0.2, 0.25) is 5.60 Å². The number of nitrogens with zero attached hydrogens (tertiary/aromatic N) is 3. The number of benzene rings is 3. The van der Waals surface area contributed by atoms with Crippen LogP contribution < -0.4 is 4.57 Å². The minimum Gasteiger partial charge on any atom is -0.369 e. The zero-order chi connectivity index (χ0) is 22.0. The third kappa shape index (κ3) is 3.92. The van der Waals surface area contributed by atoms with Gasteiger partial charge in [0, 0.05) is 16.1 Å². The minimum atomic E-state index is -1.51. The van der Waals surface area contributed by atoms with E-state index in [2.05, 4.69) is 0 Å². The largest absolute Gasteiger partial charge is 0.369 e. The van der Waals surface area contributed by atoms with Gasteiger partial charge >= 0.3 is 0 Å². The summed E-state index contributed by atoms with van der Waals surface area (Å²) in [6.07, 6.45) is 3.86. The van der Waals surface area contributed by atoms with Crippen LogP contribution in [0.2, 0.25) is 5.02 Å². The molecule has 1 heterocycles. The summed E-state index contributed by atoms with van der Waals surface area (Å²) in [7, 11) is 3.86.